The maximum Gasteiger partial charge on any atom is 0.264 e. The fraction of sp³-hybridized carbons (Fsp3) is 0.385. The van der Waals surface area contributed by atoms with Crippen molar-refractivity contribution in [3.05, 3.63) is 59.2 Å². The third-order valence-corrected chi connectivity index (χ3v) is 7.54. The molecule has 3 aliphatic heterocycles. The van der Waals surface area contributed by atoms with Gasteiger partial charge >= 0.3 is 0 Å². The number of halogens is 1. The molecule has 170 valence electrons. The minimum absolute atomic E-state index is 0.0370. The third-order valence-electron chi connectivity index (χ3n) is 7.23. The summed E-state index contributed by atoms with van der Waals surface area (Å²) in [4.78, 5) is 24.7. The minimum Gasteiger partial charge on any atom is -0.482 e. The summed E-state index contributed by atoms with van der Waals surface area (Å²) in [7, 11) is 0. The molecular formula is C26H27ClN4O2. The molecule has 3 aliphatic rings. The van der Waals surface area contributed by atoms with E-state index >= 15 is 0 Å². The van der Waals surface area contributed by atoms with Gasteiger partial charge in [-0.25, -0.2) is 0 Å². The molecule has 33 heavy (non-hydrogen) atoms. The van der Waals surface area contributed by atoms with Crippen LogP contribution in [0.15, 0.2) is 48.7 Å². The molecule has 0 radical (unpaired) electrons. The molecule has 3 aromatic rings. The van der Waals surface area contributed by atoms with Crippen molar-refractivity contribution < 1.29 is 9.53 Å². The molecule has 0 unspecified atom stereocenters. The van der Waals surface area contributed by atoms with E-state index in [0.717, 1.165) is 42.6 Å². The van der Waals surface area contributed by atoms with Crippen LogP contribution in [0.3, 0.4) is 0 Å². The van der Waals surface area contributed by atoms with Gasteiger partial charge in [0.05, 0.1) is 10.5 Å². The molecular weight excluding hydrogens is 436 g/mol. The lowest BCUT2D eigenvalue weighted by atomic mass is 10.1. The Kier molecular flexibility index (Phi) is 5.35. The average molecular weight is 463 g/mol. The van der Waals surface area contributed by atoms with Crippen molar-refractivity contribution in [1.29, 1.82) is 0 Å². The zero-order chi connectivity index (χ0) is 22.4. The van der Waals surface area contributed by atoms with Crippen LogP contribution in [-0.4, -0.2) is 61.2 Å². The summed E-state index contributed by atoms with van der Waals surface area (Å²) in [5.41, 5.74) is 4.37. The summed E-state index contributed by atoms with van der Waals surface area (Å²) in [5.74, 6) is 0.473. The first kappa shape index (κ1) is 20.8. The Morgan fingerprint density at radius 1 is 1.09 bits per heavy atom. The molecule has 2 aromatic carbocycles. The maximum atomic E-state index is 13.1. The van der Waals surface area contributed by atoms with Gasteiger partial charge in [0.2, 0.25) is 0 Å². The van der Waals surface area contributed by atoms with Crippen molar-refractivity contribution in [3.8, 4) is 5.75 Å². The second kappa shape index (κ2) is 8.50. The van der Waals surface area contributed by atoms with Crippen LogP contribution in [0.1, 0.15) is 18.4 Å². The number of ether oxygens (including phenoxy) is 1. The number of hydrogen-bond donors (Lipinski definition) is 0. The highest BCUT2D eigenvalue weighted by Gasteiger charge is 2.32. The van der Waals surface area contributed by atoms with Crippen molar-refractivity contribution in [2.24, 2.45) is 0 Å². The number of pyridine rings is 1. The largest absolute Gasteiger partial charge is 0.482 e. The van der Waals surface area contributed by atoms with Gasteiger partial charge in [0.1, 0.15) is 5.75 Å². The first-order chi connectivity index (χ1) is 16.2. The molecule has 0 bridgehead atoms. The van der Waals surface area contributed by atoms with Crippen LogP contribution in [0.25, 0.3) is 10.9 Å². The molecule has 1 amide bonds. The third kappa shape index (κ3) is 3.81. The van der Waals surface area contributed by atoms with Gasteiger partial charge in [-0.05, 0) is 61.7 Å². The molecule has 4 heterocycles. The summed E-state index contributed by atoms with van der Waals surface area (Å²) in [6, 6.07) is 14.3. The van der Waals surface area contributed by atoms with Crippen LogP contribution in [-0.2, 0) is 11.2 Å². The number of para-hydroxylation sites is 1. The lowest BCUT2D eigenvalue weighted by Gasteiger charge is -2.39. The fourth-order valence-electron chi connectivity index (χ4n) is 5.54. The van der Waals surface area contributed by atoms with Crippen LogP contribution >= 0.6 is 11.6 Å². The van der Waals surface area contributed by atoms with E-state index in [1.54, 1.807) is 12.1 Å². The van der Waals surface area contributed by atoms with E-state index in [1.807, 2.05) is 23.2 Å². The van der Waals surface area contributed by atoms with Crippen LogP contribution in [0.2, 0.25) is 5.02 Å². The fourth-order valence-corrected chi connectivity index (χ4v) is 5.73. The van der Waals surface area contributed by atoms with Crippen LogP contribution < -0.4 is 14.5 Å². The summed E-state index contributed by atoms with van der Waals surface area (Å²) in [6.07, 6.45) is 5.33. The monoisotopic (exact) mass is 462 g/mol. The van der Waals surface area contributed by atoms with Gasteiger partial charge in [-0.2, -0.15) is 0 Å². The van der Waals surface area contributed by atoms with Crippen LogP contribution in [0, 0.1) is 0 Å². The molecule has 0 spiro atoms. The van der Waals surface area contributed by atoms with E-state index in [4.69, 9.17) is 16.3 Å². The Bertz CT molecular complexity index is 1220. The minimum atomic E-state index is -0.0574. The highest BCUT2D eigenvalue weighted by Crippen LogP contribution is 2.37. The SMILES string of the molecule is O=C(COc1ccccc1Cl)N1CCc2cc3nccc(N4CCN5CCC[C@H]5C4)c3cc21. The Morgan fingerprint density at radius 2 is 2.00 bits per heavy atom. The van der Waals surface area contributed by atoms with E-state index in [9.17, 15) is 4.79 Å². The van der Waals surface area contributed by atoms with Gasteiger partial charge in [0.15, 0.2) is 6.61 Å². The number of anilines is 2. The summed E-state index contributed by atoms with van der Waals surface area (Å²) >= 11 is 6.17. The predicted octanol–water partition coefficient (Wildman–Crippen LogP) is 4.14. The molecule has 0 aliphatic carbocycles. The topological polar surface area (TPSA) is 48.9 Å². The number of hydrogen-bond acceptors (Lipinski definition) is 5. The van der Waals surface area contributed by atoms with E-state index in [2.05, 4.69) is 33.0 Å². The van der Waals surface area contributed by atoms with E-state index < -0.39 is 0 Å². The Hall–Kier alpha value is -2.83. The van der Waals surface area contributed by atoms with Gasteiger partial charge in [-0.1, -0.05) is 23.7 Å². The first-order valence-electron chi connectivity index (χ1n) is 11.8. The Balaban J connectivity index is 1.27. The van der Waals surface area contributed by atoms with E-state index in [0.29, 0.717) is 23.4 Å². The predicted molar refractivity (Wildman–Crippen MR) is 132 cm³/mol. The Labute approximate surface area is 198 Å². The van der Waals surface area contributed by atoms with Crippen LogP contribution in [0.4, 0.5) is 11.4 Å². The lowest BCUT2D eigenvalue weighted by molar-refractivity contribution is -0.120. The number of fused-ring (bicyclic) bond motifs is 3. The molecule has 2 fully saturated rings. The highest BCUT2D eigenvalue weighted by atomic mass is 35.5. The quantitative estimate of drug-likeness (QED) is 0.583. The number of benzene rings is 2. The van der Waals surface area contributed by atoms with Gasteiger partial charge in [0.25, 0.3) is 5.91 Å². The second-order valence-electron chi connectivity index (χ2n) is 9.12. The van der Waals surface area contributed by atoms with Crippen molar-refractivity contribution in [2.75, 3.05) is 49.1 Å². The molecule has 2 saturated heterocycles. The van der Waals surface area contributed by atoms with Crippen molar-refractivity contribution >= 4 is 39.8 Å². The number of rotatable bonds is 4. The zero-order valence-corrected chi connectivity index (χ0v) is 19.3. The molecule has 0 N–H and O–H groups in total. The number of amides is 1. The maximum absolute atomic E-state index is 13.1. The Morgan fingerprint density at radius 3 is 2.91 bits per heavy atom. The highest BCUT2D eigenvalue weighted by molar-refractivity contribution is 6.32. The van der Waals surface area contributed by atoms with Gasteiger partial charge in [-0.15, -0.1) is 0 Å². The molecule has 6 rings (SSSR count). The van der Waals surface area contributed by atoms with Gasteiger partial charge < -0.3 is 14.5 Å². The van der Waals surface area contributed by atoms with Gasteiger partial charge in [-0.3, -0.25) is 14.7 Å². The number of carbonyl (C=O) groups is 1. The van der Waals surface area contributed by atoms with Crippen LogP contribution in [0.5, 0.6) is 5.75 Å². The smallest absolute Gasteiger partial charge is 0.264 e. The van der Waals surface area contributed by atoms with Crippen molar-refractivity contribution in [2.45, 2.75) is 25.3 Å². The summed E-state index contributed by atoms with van der Waals surface area (Å²) in [6.45, 7) is 5.06. The average Bonchev–Trinajstić information content (AvgIpc) is 3.48. The number of aromatic nitrogens is 1. The molecule has 7 heteroatoms. The summed E-state index contributed by atoms with van der Waals surface area (Å²) in [5, 5.41) is 1.63. The molecule has 6 nitrogen and oxygen atoms in total. The second-order valence-corrected chi connectivity index (χ2v) is 9.53. The summed E-state index contributed by atoms with van der Waals surface area (Å²) < 4.78 is 5.72. The van der Waals surface area contributed by atoms with Crippen molar-refractivity contribution in [3.63, 3.8) is 0 Å². The first-order valence-corrected chi connectivity index (χ1v) is 12.1. The lowest BCUT2D eigenvalue weighted by Crippen LogP contribution is -2.50. The molecule has 0 saturated carbocycles. The normalized spacial score (nSPS) is 20.2. The standard InChI is InChI=1S/C26H27ClN4O2/c27-21-5-1-2-6-25(21)33-17-26(32)31-11-8-18-14-22-20(15-24(18)31)23(7-9-28-22)30-13-12-29-10-3-4-19(29)16-30/h1-2,5-7,9,14-15,19H,3-4,8,10-13,16-17H2/t19-/m0/s1. The van der Waals surface area contributed by atoms with E-state index in [1.165, 1.54) is 30.6 Å². The number of piperazine rings is 1. The number of nitrogens with zero attached hydrogens (tertiary/aromatic N) is 4. The molecule has 1 aromatic heterocycles. The number of carbonyl (C=O) groups excluding carboxylic acids is 1. The zero-order valence-electron chi connectivity index (χ0n) is 18.5. The van der Waals surface area contributed by atoms with Gasteiger partial charge in [0, 0.05) is 55.2 Å². The van der Waals surface area contributed by atoms with E-state index in [-0.39, 0.29) is 12.5 Å². The van der Waals surface area contributed by atoms with Crippen molar-refractivity contribution in [1.82, 2.24) is 9.88 Å². The molecule has 1 atom stereocenters.